The normalized spacial score (nSPS) is 11.2. The summed E-state index contributed by atoms with van der Waals surface area (Å²) in [6, 6.07) is 142. The molecular formula is C94H70N4. The number of benzene rings is 16. The minimum absolute atomic E-state index is 1.10. The fourth-order valence-electron chi connectivity index (χ4n) is 13.1. The molecule has 0 aliphatic carbocycles. The molecule has 16 aromatic rings. The first kappa shape index (κ1) is 61.2. The van der Waals surface area contributed by atoms with Crippen molar-refractivity contribution in [2.24, 2.45) is 0 Å². The Kier molecular flexibility index (Phi) is 18.2. The topological polar surface area (TPSA) is 13.0 Å². The van der Waals surface area contributed by atoms with Crippen molar-refractivity contribution in [1.29, 1.82) is 0 Å². The zero-order valence-corrected chi connectivity index (χ0v) is 54.2. The second kappa shape index (κ2) is 29.1. The Hall–Kier alpha value is -13.0. The van der Waals surface area contributed by atoms with Crippen LogP contribution >= 0.6 is 0 Å². The van der Waals surface area contributed by atoms with Crippen molar-refractivity contribution in [2.75, 3.05) is 19.6 Å². The Morgan fingerprint density at radius 3 is 0.837 bits per heavy atom. The molecule has 98 heavy (non-hydrogen) atoms. The maximum atomic E-state index is 2.40. The minimum Gasteiger partial charge on any atom is -0.311 e. The number of rotatable bonds is 17. The van der Waals surface area contributed by atoms with E-state index in [1.807, 2.05) is 12.1 Å². The summed E-state index contributed by atoms with van der Waals surface area (Å²) < 4.78 is 0. The van der Waals surface area contributed by atoms with Crippen LogP contribution in [-0.2, 0) is 0 Å². The largest absolute Gasteiger partial charge is 0.311 e. The molecule has 0 unspecified atom stereocenters. The van der Waals surface area contributed by atoms with Crippen molar-refractivity contribution in [3.05, 3.63) is 423 Å². The van der Waals surface area contributed by atoms with Crippen LogP contribution in [0.4, 0.5) is 68.2 Å². The molecule has 466 valence electrons. The molecule has 0 radical (unpaired) electrons. The van der Waals surface area contributed by atoms with Crippen molar-refractivity contribution < 1.29 is 0 Å². The van der Waals surface area contributed by atoms with Gasteiger partial charge in [0, 0.05) is 73.0 Å². The van der Waals surface area contributed by atoms with E-state index in [1.165, 1.54) is 60.3 Å². The third-order valence-electron chi connectivity index (χ3n) is 17.8. The van der Waals surface area contributed by atoms with E-state index in [0.717, 1.165) is 73.7 Å². The molecule has 0 saturated carbocycles. The molecule has 0 amide bonds. The van der Waals surface area contributed by atoms with Gasteiger partial charge in [0.1, 0.15) is 0 Å². The van der Waals surface area contributed by atoms with Gasteiger partial charge in [-0.25, -0.2) is 0 Å². The van der Waals surface area contributed by atoms with Gasteiger partial charge in [0.05, 0.1) is 11.4 Å². The van der Waals surface area contributed by atoms with Crippen LogP contribution in [0.3, 0.4) is 0 Å². The van der Waals surface area contributed by atoms with E-state index in [-0.39, 0.29) is 0 Å². The van der Waals surface area contributed by atoms with Crippen LogP contribution in [-0.4, -0.2) is 0 Å². The maximum absolute atomic E-state index is 2.40. The fraction of sp³-hybridized carbons (Fsp3) is 0. The lowest BCUT2D eigenvalue weighted by atomic mass is 9.94. The predicted octanol–water partition coefficient (Wildman–Crippen LogP) is 26.7. The molecule has 0 N–H and O–H groups in total. The number of hydrogen-bond donors (Lipinski definition) is 0. The van der Waals surface area contributed by atoms with E-state index < -0.39 is 0 Å². The second-order valence-electron chi connectivity index (χ2n) is 24.1. The molecular weight excluding hydrogens is 1190 g/mol. The number of fused-ring (bicyclic) bond motifs is 4. The quantitative estimate of drug-likeness (QED) is 0.0512. The van der Waals surface area contributed by atoms with Crippen molar-refractivity contribution in [1.82, 2.24) is 0 Å². The number of hydrogen-bond acceptors (Lipinski definition) is 4. The average molecular weight is 1260 g/mol. The van der Waals surface area contributed by atoms with E-state index >= 15 is 0 Å². The summed E-state index contributed by atoms with van der Waals surface area (Å²) in [7, 11) is 0. The van der Waals surface area contributed by atoms with Crippen LogP contribution < -0.4 is 19.6 Å². The lowest BCUT2D eigenvalue weighted by Gasteiger charge is -2.29. The molecule has 4 nitrogen and oxygen atoms in total. The van der Waals surface area contributed by atoms with Gasteiger partial charge < -0.3 is 19.6 Å². The van der Waals surface area contributed by atoms with Gasteiger partial charge in [0.2, 0.25) is 0 Å². The molecule has 0 atom stereocenters. The van der Waals surface area contributed by atoms with E-state index in [1.54, 1.807) is 0 Å². The van der Waals surface area contributed by atoms with Crippen molar-refractivity contribution >= 4 is 125 Å². The SMILES string of the molecule is C(=C\c1ccc(N(c2ccccc2)c2ccc(-c3ccc(N(c4ccccc4)c4ccc(/C=C/c5ccccc5)cc4)cc3)cc2)cc1)/c1ccccc1.c1ccc(N(c2ccccc2)c2cccc3c2ccc2c(N(c4ccccc4)c4ccccc4)c4ccccc4cc23)cc1. The van der Waals surface area contributed by atoms with Gasteiger partial charge >= 0.3 is 0 Å². The summed E-state index contributed by atoms with van der Waals surface area (Å²) in [4.78, 5) is 9.37. The van der Waals surface area contributed by atoms with E-state index in [2.05, 4.69) is 432 Å². The van der Waals surface area contributed by atoms with E-state index in [4.69, 9.17) is 0 Å². The molecule has 0 aliphatic rings. The summed E-state index contributed by atoms with van der Waals surface area (Å²) in [5, 5.41) is 7.32. The zero-order chi connectivity index (χ0) is 65.7. The summed E-state index contributed by atoms with van der Waals surface area (Å²) in [5.74, 6) is 0. The first-order chi connectivity index (χ1) is 48.6. The Bertz CT molecular complexity index is 5050. The van der Waals surface area contributed by atoms with Crippen LogP contribution in [0.25, 0.3) is 67.7 Å². The van der Waals surface area contributed by atoms with E-state index in [9.17, 15) is 0 Å². The van der Waals surface area contributed by atoms with Crippen molar-refractivity contribution in [3.8, 4) is 11.1 Å². The molecule has 0 bridgehead atoms. The van der Waals surface area contributed by atoms with Crippen molar-refractivity contribution in [3.63, 3.8) is 0 Å². The zero-order valence-electron chi connectivity index (χ0n) is 54.2. The lowest BCUT2D eigenvalue weighted by molar-refractivity contribution is 1.28. The summed E-state index contributed by atoms with van der Waals surface area (Å²) in [6.45, 7) is 0. The third-order valence-corrected chi connectivity index (χ3v) is 17.8. The minimum atomic E-state index is 1.10. The van der Waals surface area contributed by atoms with Crippen LogP contribution in [0.15, 0.2) is 400 Å². The predicted molar refractivity (Wildman–Crippen MR) is 420 cm³/mol. The van der Waals surface area contributed by atoms with Gasteiger partial charge in [-0.05, 0) is 183 Å². The van der Waals surface area contributed by atoms with Gasteiger partial charge in [-0.3, -0.25) is 0 Å². The Labute approximate surface area is 574 Å². The molecule has 0 aliphatic heterocycles. The molecule has 0 fully saturated rings. The number of para-hydroxylation sites is 6. The fourth-order valence-corrected chi connectivity index (χ4v) is 13.1. The Morgan fingerprint density at radius 1 is 0.163 bits per heavy atom. The van der Waals surface area contributed by atoms with Gasteiger partial charge in [-0.2, -0.15) is 0 Å². The van der Waals surface area contributed by atoms with Gasteiger partial charge in [0.15, 0.2) is 0 Å². The molecule has 4 heteroatoms. The molecule has 16 rings (SSSR count). The Morgan fingerprint density at radius 2 is 0.449 bits per heavy atom. The molecule has 0 spiro atoms. The average Bonchev–Trinajstić information content (AvgIpc) is 0.729. The lowest BCUT2D eigenvalue weighted by Crippen LogP contribution is -2.11. The molecule has 0 heterocycles. The molecule has 16 aromatic carbocycles. The highest BCUT2D eigenvalue weighted by Gasteiger charge is 2.22. The van der Waals surface area contributed by atoms with Gasteiger partial charge in [0.25, 0.3) is 0 Å². The number of nitrogens with zero attached hydrogens (tertiary/aromatic N) is 4. The first-order valence-electron chi connectivity index (χ1n) is 33.4. The summed E-state index contributed by atoms with van der Waals surface area (Å²) in [5.41, 5.74) is 20.5. The highest BCUT2D eigenvalue weighted by atomic mass is 15.2. The Balaban J connectivity index is 0.000000163. The first-order valence-corrected chi connectivity index (χ1v) is 33.4. The smallest absolute Gasteiger partial charge is 0.0618 e. The monoisotopic (exact) mass is 1250 g/mol. The van der Waals surface area contributed by atoms with Crippen LogP contribution in [0.1, 0.15) is 22.3 Å². The van der Waals surface area contributed by atoms with Crippen LogP contribution in [0.5, 0.6) is 0 Å². The standard InChI is InChI=1S/C52H40N2.C42H30N2/c1-5-13-41(14-6-1)21-23-43-25-33-49(34-26-43)53(47-17-9-3-10-18-47)51-37-29-45(30-38-51)46-31-39-52(40-32-46)54(48-19-11-4-12-20-48)50-35-27-44(28-36-50)24-22-42-15-7-2-8-16-42;1-5-17-32(18-6-1)43(33-19-7-2-8-20-33)41-27-15-26-37-38(41)28-29-39-40(37)30-31-16-13-14-25-36(31)42(39)44(34-21-9-3-10-22-34)35-23-11-4-12-24-35/h1-40H;1-30H/b23-21+,24-22+;. The van der Waals surface area contributed by atoms with Crippen LogP contribution in [0, 0.1) is 0 Å². The van der Waals surface area contributed by atoms with Gasteiger partial charge in [-0.1, -0.05) is 291 Å². The summed E-state index contributed by atoms with van der Waals surface area (Å²) in [6.07, 6.45) is 8.62. The number of anilines is 12. The van der Waals surface area contributed by atoms with Gasteiger partial charge in [-0.15, -0.1) is 0 Å². The molecule has 0 aromatic heterocycles. The maximum Gasteiger partial charge on any atom is 0.0618 e. The highest BCUT2D eigenvalue weighted by Crippen LogP contribution is 2.48. The van der Waals surface area contributed by atoms with E-state index in [0.29, 0.717) is 0 Å². The highest BCUT2D eigenvalue weighted by molar-refractivity contribution is 6.22. The molecule has 0 saturated heterocycles. The third kappa shape index (κ3) is 13.5. The summed E-state index contributed by atoms with van der Waals surface area (Å²) >= 11 is 0. The second-order valence-corrected chi connectivity index (χ2v) is 24.1. The van der Waals surface area contributed by atoms with Crippen molar-refractivity contribution in [2.45, 2.75) is 0 Å². The van der Waals surface area contributed by atoms with Crippen LogP contribution in [0.2, 0.25) is 0 Å².